The molecular formula is C12H17Cl2N5O. The summed E-state index contributed by atoms with van der Waals surface area (Å²) < 4.78 is 1.63. The maximum Gasteiger partial charge on any atom is 0.259 e. The van der Waals surface area contributed by atoms with Gasteiger partial charge >= 0.3 is 0 Å². The molecule has 0 saturated carbocycles. The first-order chi connectivity index (χ1) is 8.77. The van der Waals surface area contributed by atoms with Crippen molar-refractivity contribution in [2.75, 3.05) is 19.6 Å². The molecule has 3 heterocycles. The van der Waals surface area contributed by atoms with Crippen molar-refractivity contribution in [3.8, 4) is 0 Å². The van der Waals surface area contributed by atoms with E-state index in [9.17, 15) is 4.79 Å². The maximum atomic E-state index is 12.5. The molecule has 1 saturated heterocycles. The summed E-state index contributed by atoms with van der Waals surface area (Å²) in [5.41, 5.74) is 1.19. The number of halogens is 2. The molecule has 1 atom stereocenters. The van der Waals surface area contributed by atoms with Crippen molar-refractivity contribution in [1.29, 1.82) is 0 Å². The zero-order chi connectivity index (χ0) is 12.5. The van der Waals surface area contributed by atoms with Crippen molar-refractivity contribution in [3.05, 3.63) is 30.2 Å². The normalized spacial score (nSPS) is 18.2. The highest BCUT2D eigenvalue weighted by Crippen LogP contribution is 2.13. The Bertz CT molecular complexity index is 588. The Morgan fingerprint density at radius 3 is 3.00 bits per heavy atom. The molecule has 1 N–H and O–H groups in total. The van der Waals surface area contributed by atoms with Crippen LogP contribution in [0.25, 0.3) is 5.65 Å². The van der Waals surface area contributed by atoms with Gasteiger partial charge in [-0.15, -0.1) is 24.8 Å². The predicted molar refractivity (Wildman–Crippen MR) is 80.9 cm³/mol. The summed E-state index contributed by atoms with van der Waals surface area (Å²) >= 11 is 0. The number of rotatable bonds is 1. The lowest BCUT2D eigenvalue weighted by molar-refractivity contribution is 0.0657. The molecule has 8 heteroatoms. The van der Waals surface area contributed by atoms with Crippen LogP contribution in [0.2, 0.25) is 0 Å². The van der Waals surface area contributed by atoms with Crippen LogP contribution in [0.15, 0.2) is 24.7 Å². The molecule has 2 aromatic heterocycles. The van der Waals surface area contributed by atoms with E-state index in [1.807, 2.05) is 11.8 Å². The fraction of sp³-hybridized carbons (Fsp3) is 0.417. The van der Waals surface area contributed by atoms with Crippen molar-refractivity contribution < 1.29 is 4.79 Å². The first-order valence-corrected chi connectivity index (χ1v) is 6.07. The van der Waals surface area contributed by atoms with Crippen molar-refractivity contribution in [2.45, 2.75) is 13.0 Å². The first kappa shape index (κ1) is 16.7. The second kappa shape index (κ2) is 6.88. The van der Waals surface area contributed by atoms with Gasteiger partial charge in [0.05, 0.1) is 6.20 Å². The molecule has 0 radical (unpaired) electrons. The summed E-state index contributed by atoms with van der Waals surface area (Å²) in [6, 6.07) is 1.99. The van der Waals surface area contributed by atoms with E-state index in [0.717, 1.165) is 19.6 Å². The van der Waals surface area contributed by atoms with E-state index in [0.29, 0.717) is 11.2 Å². The fourth-order valence-electron chi connectivity index (χ4n) is 2.28. The minimum absolute atomic E-state index is 0. The maximum absolute atomic E-state index is 12.5. The SMILES string of the molecule is C[C@H]1CNCCN1C(=O)c1cnn2cccnc12.Cl.Cl. The number of carbonyl (C=O) groups excluding carboxylic acids is 1. The molecule has 1 aliphatic heterocycles. The van der Waals surface area contributed by atoms with Gasteiger partial charge in [0.1, 0.15) is 5.56 Å². The van der Waals surface area contributed by atoms with E-state index >= 15 is 0 Å². The number of amides is 1. The minimum Gasteiger partial charge on any atom is -0.333 e. The topological polar surface area (TPSA) is 62.5 Å². The predicted octanol–water partition coefficient (Wildman–Crippen LogP) is 1.01. The lowest BCUT2D eigenvalue weighted by Crippen LogP contribution is -2.52. The van der Waals surface area contributed by atoms with Crippen molar-refractivity contribution >= 4 is 36.4 Å². The number of nitrogens with zero attached hydrogens (tertiary/aromatic N) is 4. The van der Waals surface area contributed by atoms with Gasteiger partial charge in [-0.25, -0.2) is 9.50 Å². The van der Waals surface area contributed by atoms with Gasteiger partial charge < -0.3 is 10.2 Å². The average molecular weight is 318 g/mol. The van der Waals surface area contributed by atoms with Gasteiger partial charge in [0, 0.05) is 38.1 Å². The van der Waals surface area contributed by atoms with Crippen LogP contribution in [-0.2, 0) is 0 Å². The van der Waals surface area contributed by atoms with Crippen LogP contribution in [0.5, 0.6) is 0 Å². The van der Waals surface area contributed by atoms with E-state index in [-0.39, 0.29) is 36.8 Å². The highest BCUT2D eigenvalue weighted by atomic mass is 35.5. The quantitative estimate of drug-likeness (QED) is 0.852. The average Bonchev–Trinajstić information content (AvgIpc) is 2.82. The van der Waals surface area contributed by atoms with Crippen LogP contribution in [0.1, 0.15) is 17.3 Å². The van der Waals surface area contributed by atoms with Crippen LogP contribution in [-0.4, -0.2) is 51.1 Å². The van der Waals surface area contributed by atoms with Crippen molar-refractivity contribution in [2.24, 2.45) is 0 Å². The standard InChI is InChI=1S/C12H15N5O.2ClH/c1-9-7-13-4-6-16(9)12(18)10-8-15-17-5-2-3-14-11(10)17;;/h2-3,5,8-9,13H,4,6-7H2,1H3;2*1H/t9-;;/m0../s1. The molecule has 20 heavy (non-hydrogen) atoms. The van der Waals surface area contributed by atoms with Gasteiger partial charge in [0.2, 0.25) is 0 Å². The first-order valence-electron chi connectivity index (χ1n) is 6.07. The largest absolute Gasteiger partial charge is 0.333 e. The molecule has 0 spiro atoms. The zero-order valence-corrected chi connectivity index (χ0v) is 12.7. The summed E-state index contributed by atoms with van der Waals surface area (Å²) in [7, 11) is 0. The van der Waals surface area contributed by atoms with Crippen LogP contribution in [0.3, 0.4) is 0 Å². The van der Waals surface area contributed by atoms with Gasteiger partial charge in [0.25, 0.3) is 5.91 Å². The number of carbonyl (C=O) groups is 1. The highest BCUT2D eigenvalue weighted by molar-refractivity contribution is 5.99. The Balaban J connectivity index is 0.000001000. The van der Waals surface area contributed by atoms with Crippen molar-refractivity contribution in [1.82, 2.24) is 24.8 Å². The van der Waals surface area contributed by atoms with E-state index in [2.05, 4.69) is 15.4 Å². The minimum atomic E-state index is 0. The van der Waals surface area contributed by atoms with Gasteiger partial charge in [0.15, 0.2) is 5.65 Å². The number of piperazine rings is 1. The Kier molecular flexibility index (Phi) is 5.74. The van der Waals surface area contributed by atoms with Crippen molar-refractivity contribution in [3.63, 3.8) is 0 Å². The third kappa shape index (κ3) is 2.87. The van der Waals surface area contributed by atoms with E-state index < -0.39 is 0 Å². The van der Waals surface area contributed by atoms with E-state index in [1.54, 1.807) is 29.2 Å². The zero-order valence-electron chi connectivity index (χ0n) is 11.0. The second-order valence-electron chi connectivity index (χ2n) is 4.50. The molecule has 1 aliphatic rings. The third-order valence-electron chi connectivity index (χ3n) is 3.27. The number of hydrogen-bond acceptors (Lipinski definition) is 4. The summed E-state index contributed by atoms with van der Waals surface area (Å²) in [5, 5.41) is 7.42. The molecule has 2 aromatic rings. The Morgan fingerprint density at radius 2 is 2.25 bits per heavy atom. The monoisotopic (exact) mass is 317 g/mol. The Morgan fingerprint density at radius 1 is 1.45 bits per heavy atom. The van der Waals surface area contributed by atoms with Crippen LogP contribution in [0, 0.1) is 0 Å². The molecule has 0 bridgehead atoms. The summed E-state index contributed by atoms with van der Waals surface area (Å²) in [6.07, 6.45) is 5.06. The van der Waals surface area contributed by atoms with Gasteiger partial charge in [-0.1, -0.05) is 0 Å². The molecule has 1 amide bonds. The number of nitrogens with one attached hydrogen (secondary N) is 1. The smallest absolute Gasteiger partial charge is 0.259 e. The molecule has 0 aliphatic carbocycles. The van der Waals surface area contributed by atoms with Crippen LogP contribution >= 0.6 is 24.8 Å². The lowest BCUT2D eigenvalue weighted by atomic mass is 10.2. The third-order valence-corrected chi connectivity index (χ3v) is 3.27. The number of aromatic nitrogens is 3. The second-order valence-corrected chi connectivity index (χ2v) is 4.50. The molecule has 0 aromatic carbocycles. The summed E-state index contributed by atoms with van der Waals surface area (Å²) in [6.45, 7) is 4.44. The lowest BCUT2D eigenvalue weighted by Gasteiger charge is -2.33. The molecule has 1 fully saturated rings. The Hall–Kier alpha value is -1.37. The molecular weight excluding hydrogens is 301 g/mol. The molecule has 0 unspecified atom stereocenters. The van der Waals surface area contributed by atoms with Crippen LogP contribution < -0.4 is 5.32 Å². The number of fused-ring (bicyclic) bond motifs is 1. The van der Waals surface area contributed by atoms with Gasteiger partial charge in [-0.3, -0.25) is 4.79 Å². The molecule has 110 valence electrons. The van der Waals surface area contributed by atoms with Gasteiger partial charge in [-0.05, 0) is 13.0 Å². The van der Waals surface area contributed by atoms with Crippen LogP contribution in [0.4, 0.5) is 0 Å². The molecule has 6 nitrogen and oxygen atoms in total. The molecule has 3 rings (SSSR count). The summed E-state index contributed by atoms with van der Waals surface area (Å²) in [4.78, 5) is 18.6. The number of hydrogen-bond donors (Lipinski definition) is 1. The summed E-state index contributed by atoms with van der Waals surface area (Å²) in [5.74, 6) is 0.0118. The van der Waals surface area contributed by atoms with E-state index in [4.69, 9.17) is 0 Å². The van der Waals surface area contributed by atoms with E-state index in [1.165, 1.54) is 0 Å². The Labute approximate surface area is 129 Å². The fourth-order valence-corrected chi connectivity index (χ4v) is 2.28. The highest BCUT2D eigenvalue weighted by Gasteiger charge is 2.26. The van der Waals surface area contributed by atoms with Gasteiger partial charge in [-0.2, -0.15) is 5.10 Å².